The smallest absolute Gasteiger partial charge is 0.270 e. The maximum absolute atomic E-state index is 12.6. The first kappa shape index (κ1) is 14.6. The Hall–Kier alpha value is -0.360. The number of alkyl halides is 4. The molecule has 92 valence electrons. The molecule has 0 N–H and O–H groups in total. The van der Waals surface area contributed by atoms with Crippen molar-refractivity contribution < 1.29 is 27.0 Å². The van der Waals surface area contributed by atoms with Crippen LogP contribution in [0.2, 0.25) is 0 Å². The molecule has 0 fully saturated rings. The Morgan fingerprint density at radius 3 is 1.80 bits per heavy atom. The fourth-order valence-electron chi connectivity index (χ4n) is 0.693. The lowest BCUT2D eigenvalue weighted by molar-refractivity contribution is -0.102. The molecule has 0 amide bonds. The molecule has 0 atom stereocenters. The summed E-state index contributed by atoms with van der Waals surface area (Å²) >= 11 is 0. The third kappa shape index (κ3) is 9.93. The number of rotatable bonds is 8. The Labute approximate surface area is 86.5 Å². The maximum Gasteiger partial charge on any atom is 0.270 e. The van der Waals surface area contributed by atoms with Crippen LogP contribution in [0.3, 0.4) is 0 Å². The van der Waals surface area contributed by atoms with Crippen molar-refractivity contribution in [1.82, 2.24) is 0 Å². The third-order valence-corrected chi connectivity index (χ3v) is 1.56. The lowest BCUT2D eigenvalue weighted by atomic mass is 10.3. The maximum atomic E-state index is 12.6. The molecule has 0 aromatic carbocycles. The van der Waals surface area contributed by atoms with Crippen molar-refractivity contribution in [3.05, 3.63) is 0 Å². The zero-order chi connectivity index (χ0) is 11.9. The van der Waals surface area contributed by atoms with Gasteiger partial charge in [0.15, 0.2) is 0 Å². The van der Waals surface area contributed by atoms with Crippen LogP contribution in [0.1, 0.15) is 20.3 Å². The van der Waals surface area contributed by atoms with Crippen molar-refractivity contribution in [2.45, 2.75) is 32.1 Å². The number of halogens is 4. The van der Waals surface area contributed by atoms with Gasteiger partial charge in [-0.25, -0.2) is 17.6 Å². The van der Waals surface area contributed by atoms with Crippen LogP contribution in [0, 0.1) is 0 Å². The summed E-state index contributed by atoms with van der Waals surface area (Å²) in [5, 5.41) is 0. The zero-order valence-corrected chi connectivity index (χ0v) is 8.86. The van der Waals surface area contributed by atoms with E-state index in [9.17, 15) is 17.6 Å². The molecule has 0 saturated carbocycles. The van der Waals surface area contributed by atoms with Crippen molar-refractivity contribution in [3.8, 4) is 0 Å². The molecule has 0 saturated heterocycles. The van der Waals surface area contributed by atoms with E-state index >= 15 is 0 Å². The normalized spacial score (nSPS) is 13.2. The summed E-state index contributed by atoms with van der Waals surface area (Å²) in [6.07, 6.45) is -0.305. The van der Waals surface area contributed by atoms with Gasteiger partial charge in [-0.1, -0.05) is 6.92 Å². The van der Waals surface area contributed by atoms with E-state index in [1.165, 1.54) is 6.92 Å². The average molecular weight is 232 g/mol. The van der Waals surface area contributed by atoms with Crippen molar-refractivity contribution in [2.24, 2.45) is 0 Å². The quantitative estimate of drug-likeness (QED) is 0.473. The van der Waals surface area contributed by atoms with Crippen LogP contribution in [0.15, 0.2) is 0 Å². The van der Waals surface area contributed by atoms with E-state index in [1.807, 2.05) is 0 Å². The standard InChI is InChI=1S/C9H16F4O2/c1-3-9(12,13)7-15-5-4-14-6-8(2,10)11/h3-7H2,1-2H3. The Bertz CT molecular complexity index is 168. The highest BCUT2D eigenvalue weighted by Crippen LogP contribution is 2.17. The molecule has 0 aromatic heterocycles. The van der Waals surface area contributed by atoms with Gasteiger partial charge in [0, 0.05) is 13.3 Å². The lowest BCUT2D eigenvalue weighted by Crippen LogP contribution is -2.25. The van der Waals surface area contributed by atoms with Crippen LogP contribution >= 0.6 is 0 Å². The van der Waals surface area contributed by atoms with E-state index in [0.717, 1.165) is 6.92 Å². The van der Waals surface area contributed by atoms with Crippen molar-refractivity contribution >= 4 is 0 Å². The van der Waals surface area contributed by atoms with Gasteiger partial charge in [-0.15, -0.1) is 0 Å². The molecule has 6 heteroatoms. The predicted molar refractivity (Wildman–Crippen MR) is 47.5 cm³/mol. The fourth-order valence-corrected chi connectivity index (χ4v) is 0.693. The van der Waals surface area contributed by atoms with Gasteiger partial charge in [-0.2, -0.15) is 0 Å². The van der Waals surface area contributed by atoms with E-state index in [4.69, 9.17) is 0 Å². The molecule has 0 aliphatic rings. The summed E-state index contributed by atoms with van der Waals surface area (Å²) < 4.78 is 58.6. The summed E-state index contributed by atoms with van der Waals surface area (Å²) in [6.45, 7) is 0.432. The van der Waals surface area contributed by atoms with Crippen LogP contribution in [0.25, 0.3) is 0 Å². The molecular formula is C9H16F4O2. The molecule has 0 aliphatic heterocycles. The molecule has 0 spiro atoms. The highest BCUT2D eigenvalue weighted by Gasteiger charge is 2.26. The summed E-state index contributed by atoms with van der Waals surface area (Å²) in [7, 11) is 0. The fraction of sp³-hybridized carbons (Fsp3) is 1.00. The summed E-state index contributed by atoms with van der Waals surface area (Å²) in [5.74, 6) is -5.75. The topological polar surface area (TPSA) is 18.5 Å². The van der Waals surface area contributed by atoms with Gasteiger partial charge in [-0.3, -0.25) is 0 Å². The second-order valence-electron chi connectivity index (χ2n) is 3.38. The Morgan fingerprint density at radius 1 is 0.933 bits per heavy atom. The van der Waals surface area contributed by atoms with Gasteiger partial charge < -0.3 is 9.47 Å². The predicted octanol–water partition coefficient (Wildman–Crippen LogP) is 2.72. The Kier molecular flexibility index (Phi) is 6.12. The van der Waals surface area contributed by atoms with Gasteiger partial charge in [0.1, 0.15) is 13.2 Å². The lowest BCUT2D eigenvalue weighted by Gasteiger charge is -2.14. The molecule has 0 radical (unpaired) electrons. The highest BCUT2D eigenvalue weighted by molar-refractivity contribution is 4.61. The number of hydrogen-bond acceptors (Lipinski definition) is 2. The molecule has 0 aromatic rings. The molecule has 0 heterocycles. The van der Waals surface area contributed by atoms with Crippen LogP contribution < -0.4 is 0 Å². The minimum Gasteiger partial charge on any atom is -0.373 e. The van der Waals surface area contributed by atoms with Gasteiger partial charge in [0.25, 0.3) is 11.8 Å². The largest absolute Gasteiger partial charge is 0.373 e. The summed E-state index contributed by atoms with van der Waals surface area (Å²) in [6, 6.07) is 0. The summed E-state index contributed by atoms with van der Waals surface area (Å²) in [5.41, 5.74) is 0. The van der Waals surface area contributed by atoms with Crippen LogP contribution in [0.4, 0.5) is 17.6 Å². The van der Waals surface area contributed by atoms with E-state index in [2.05, 4.69) is 9.47 Å². The molecule has 0 rings (SSSR count). The minimum absolute atomic E-state index is 0.105. The van der Waals surface area contributed by atoms with Gasteiger partial charge >= 0.3 is 0 Å². The molecule has 15 heavy (non-hydrogen) atoms. The SMILES string of the molecule is CCC(F)(F)COCCOCC(C)(F)F. The summed E-state index contributed by atoms with van der Waals surface area (Å²) in [4.78, 5) is 0. The third-order valence-electron chi connectivity index (χ3n) is 1.56. The second kappa shape index (κ2) is 6.27. The van der Waals surface area contributed by atoms with Crippen molar-refractivity contribution in [3.63, 3.8) is 0 Å². The first-order chi connectivity index (χ1) is 6.77. The van der Waals surface area contributed by atoms with Crippen molar-refractivity contribution in [1.29, 1.82) is 0 Å². The average Bonchev–Trinajstić information content (AvgIpc) is 2.09. The van der Waals surface area contributed by atoms with Gasteiger partial charge in [0.2, 0.25) is 0 Å². The van der Waals surface area contributed by atoms with Gasteiger partial charge in [-0.05, 0) is 0 Å². The van der Waals surface area contributed by atoms with Crippen LogP contribution in [-0.4, -0.2) is 38.3 Å². The minimum atomic E-state index is -2.90. The highest BCUT2D eigenvalue weighted by atomic mass is 19.3. The first-order valence-corrected chi connectivity index (χ1v) is 4.68. The van der Waals surface area contributed by atoms with E-state index < -0.39 is 25.1 Å². The monoisotopic (exact) mass is 232 g/mol. The zero-order valence-electron chi connectivity index (χ0n) is 8.86. The number of hydrogen-bond donors (Lipinski definition) is 0. The van der Waals surface area contributed by atoms with E-state index in [0.29, 0.717) is 0 Å². The molecule has 0 bridgehead atoms. The van der Waals surface area contributed by atoms with Crippen LogP contribution in [0.5, 0.6) is 0 Å². The van der Waals surface area contributed by atoms with Gasteiger partial charge in [0.05, 0.1) is 13.2 Å². The van der Waals surface area contributed by atoms with E-state index in [1.54, 1.807) is 0 Å². The van der Waals surface area contributed by atoms with Crippen LogP contribution in [-0.2, 0) is 9.47 Å². The molecule has 0 unspecified atom stereocenters. The second-order valence-corrected chi connectivity index (χ2v) is 3.38. The molecule has 0 aliphatic carbocycles. The Balaban J connectivity index is 3.33. The Morgan fingerprint density at radius 2 is 1.40 bits per heavy atom. The first-order valence-electron chi connectivity index (χ1n) is 4.68. The van der Waals surface area contributed by atoms with Crippen molar-refractivity contribution in [2.75, 3.05) is 26.4 Å². The molecular weight excluding hydrogens is 216 g/mol. The number of ether oxygens (including phenoxy) is 2. The van der Waals surface area contributed by atoms with E-state index in [-0.39, 0.29) is 19.6 Å². The molecule has 2 nitrogen and oxygen atoms in total.